The van der Waals surface area contributed by atoms with Crippen molar-refractivity contribution in [2.24, 2.45) is 0 Å². The number of aliphatic hydroxyl groups is 1. The van der Waals surface area contributed by atoms with Gasteiger partial charge in [-0.25, -0.2) is 0 Å². The maximum absolute atomic E-state index is 12.5. The molecule has 0 aliphatic heterocycles. The molecule has 1 aromatic heterocycles. The molecule has 0 spiro atoms. The van der Waals surface area contributed by atoms with Crippen LogP contribution in [0.4, 0.5) is 5.69 Å². The molecule has 1 amide bonds. The Bertz CT molecular complexity index is 924. The van der Waals surface area contributed by atoms with Crippen molar-refractivity contribution in [3.8, 4) is 0 Å². The number of fused-ring (bicyclic) bond motifs is 1. The number of nitrogens with one attached hydrogen (secondary N) is 1. The van der Waals surface area contributed by atoms with Gasteiger partial charge in [0, 0.05) is 17.1 Å². The quantitative estimate of drug-likeness (QED) is 0.675. The molecular formula is C17H11Cl3N2O2. The summed E-state index contributed by atoms with van der Waals surface area (Å²) in [6, 6.07) is 10.1. The zero-order valence-corrected chi connectivity index (χ0v) is 14.5. The molecule has 0 bridgehead atoms. The average Bonchev–Trinajstić information content (AvgIpc) is 2.56. The lowest BCUT2D eigenvalue weighted by Crippen LogP contribution is -2.13. The van der Waals surface area contributed by atoms with Crippen molar-refractivity contribution in [3.05, 3.63) is 68.8 Å². The van der Waals surface area contributed by atoms with E-state index < -0.39 is 5.91 Å². The summed E-state index contributed by atoms with van der Waals surface area (Å²) < 4.78 is 0. The number of aromatic nitrogens is 1. The maximum atomic E-state index is 12.5. The molecule has 7 heteroatoms. The standard InChI is InChI=1S/C17H11Cl3N2O2/c18-11-4-2-5-12(19)14(11)17(24)22-13-6-1-3-10-15(20)9(8-23)7-21-16(10)13/h1-7,23H,8H2,(H,22,24). The van der Waals surface area contributed by atoms with E-state index in [4.69, 9.17) is 34.8 Å². The molecule has 0 aliphatic rings. The van der Waals surface area contributed by atoms with Gasteiger partial charge >= 0.3 is 0 Å². The van der Waals surface area contributed by atoms with E-state index in [1.165, 1.54) is 6.20 Å². The number of pyridine rings is 1. The summed E-state index contributed by atoms with van der Waals surface area (Å²) in [6.45, 7) is -0.215. The normalized spacial score (nSPS) is 10.8. The Labute approximate surface area is 153 Å². The predicted molar refractivity (Wildman–Crippen MR) is 97.1 cm³/mol. The molecule has 0 fully saturated rings. The van der Waals surface area contributed by atoms with Crippen LogP contribution in [-0.4, -0.2) is 16.0 Å². The van der Waals surface area contributed by atoms with Gasteiger partial charge in [-0.15, -0.1) is 0 Å². The van der Waals surface area contributed by atoms with Gasteiger partial charge in [0.1, 0.15) is 0 Å². The number of hydrogen-bond acceptors (Lipinski definition) is 3. The Hall–Kier alpha value is -1.85. The number of para-hydroxylation sites is 1. The molecule has 0 saturated carbocycles. The van der Waals surface area contributed by atoms with Crippen molar-refractivity contribution in [1.82, 2.24) is 4.98 Å². The number of amides is 1. The third kappa shape index (κ3) is 3.06. The Kier molecular flexibility index (Phi) is 4.92. The SMILES string of the molecule is O=C(Nc1cccc2c(Cl)c(CO)cnc12)c1c(Cl)cccc1Cl. The Morgan fingerprint density at radius 2 is 1.75 bits per heavy atom. The summed E-state index contributed by atoms with van der Waals surface area (Å²) in [5.41, 5.74) is 1.69. The minimum atomic E-state index is -0.442. The van der Waals surface area contributed by atoms with E-state index in [9.17, 15) is 9.90 Å². The molecule has 3 aromatic rings. The molecule has 0 aliphatic carbocycles. The van der Waals surface area contributed by atoms with Crippen LogP contribution in [0.25, 0.3) is 10.9 Å². The first-order valence-corrected chi connectivity index (χ1v) is 8.08. The second-order valence-electron chi connectivity index (χ2n) is 5.01. The molecule has 0 atom stereocenters. The van der Waals surface area contributed by atoms with Crippen LogP contribution in [-0.2, 0) is 6.61 Å². The van der Waals surface area contributed by atoms with E-state index in [-0.39, 0.29) is 22.2 Å². The fourth-order valence-electron chi connectivity index (χ4n) is 2.34. The molecule has 2 N–H and O–H groups in total. The van der Waals surface area contributed by atoms with Crippen molar-refractivity contribution in [3.63, 3.8) is 0 Å². The molecule has 1 heterocycles. The second-order valence-corrected chi connectivity index (χ2v) is 6.20. The van der Waals surface area contributed by atoms with Gasteiger partial charge in [0.05, 0.1) is 38.4 Å². The number of benzene rings is 2. The smallest absolute Gasteiger partial charge is 0.258 e. The summed E-state index contributed by atoms with van der Waals surface area (Å²) in [7, 11) is 0. The summed E-state index contributed by atoms with van der Waals surface area (Å²) in [5.74, 6) is -0.442. The maximum Gasteiger partial charge on any atom is 0.258 e. The van der Waals surface area contributed by atoms with E-state index in [0.29, 0.717) is 27.2 Å². The monoisotopic (exact) mass is 380 g/mol. The van der Waals surface area contributed by atoms with Crippen LogP contribution in [0.2, 0.25) is 15.1 Å². The lowest BCUT2D eigenvalue weighted by atomic mass is 10.1. The number of halogens is 3. The van der Waals surface area contributed by atoms with Gasteiger partial charge in [-0.2, -0.15) is 0 Å². The number of carbonyl (C=O) groups is 1. The van der Waals surface area contributed by atoms with E-state index in [0.717, 1.165) is 0 Å². The van der Waals surface area contributed by atoms with E-state index in [2.05, 4.69) is 10.3 Å². The van der Waals surface area contributed by atoms with Gasteiger partial charge in [0.2, 0.25) is 0 Å². The highest BCUT2D eigenvalue weighted by molar-refractivity contribution is 6.40. The van der Waals surface area contributed by atoms with Gasteiger partial charge in [-0.05, 0) is 18.2 Å². The molecule has 0 unspecified atom stereocenters. The largest absolute Gasteiger partial charge is 0.392 e. The Morgan fingerprint density at radius 3 is 2.42 bits per heavy atom. The molecule has 2 aromatic carbocycles. The fourth-order valence-corrected chi connectivity index (χ4v) is 3.17. The van der Waals surface area contributed by atoms with Gasteiger partial charge in [0.15, 0.2) is 0 Å². The Morgan fingerprint density at radius 1 is 1.08 bits per heavy atom. The van der Waals surface area contributed by atoms with Crippen LogP contribution in [0.1, 0.15) is 15.9 Å². The first kappa shape index (κ1) is 17.0. The minimum Gasteiger partial charge on any atom is -0.392 e. The van der Waals surface area contributed by atoms with Crippen molar-refractivity contribution in [1.29, 1.82) is 0 Å². The van der Waals surface area contributed by atoms with Crippen molar-refractivity contribution in [2.75, 3.05) is 5.32 Å². The summed E-state index contributed by atoms with van der Waals surface area (Å²) in [6.07, 6.45) is 1.47. The van der Waals surface area contributed by atoms with E-state index in [1.807, 2.05) is 0 Å². The van der Waals surface area contributed by atoms with E-state index in [1.54, 1.807) is 36.4 Å². The lowest BCUT2D eigenvalue weighted by molar-refractivity contribution is 0.102. The summed E-state index contributed by atoms with van der Waals surface area (Å²) >= 11 is 18.4. The van der Waals surface area contributed by atoms with Crippen LogP contribution in [0.5, 0.6) is 0 Å². The molecule has 122 valence electrons. The van der Waals surface area contributed by atoms with Crippen molar-refractivity contribution >= 4 is 57.3 Å². The third-order valence-electron chi connectivity index (χ3n) is 3.51. The minimum absolute atomic E-state index is 0.191. The zero-order chi connectivity index (χ0) is 17.3. The van der Waals surface area contributed by atoms with Gasteiger partial charge in [-0.3, -0.25) is 9.78 Å². The number of anilines is 1. The zero-order valence-electron chi connectivity index (χ0n) is 12.2. The van der Waals surface area contributed by atoms with Crippen LogP contribution in [0.3, 0.4) is 0 Å². The number of aliphatic hydroxyl groups excluding tert-OH is 1. The highest BCUT2D eigenvalue weighted by Crippen LogP contribution is 2.31. The number of nitrogens with zero attached hydrogens (tertiary/aromatic N) is 1. The van der Waals surface area contributed by atoms with Gasteiger partial charge < -0.3 is 10.4 Å². The predicted octanol–water partition coefficient (Wildman–Crippen LogP) is 4.94. The average molecular weight is 382 g/mol. The van der Waals surface area contributed by atoms with Crippen LogP contribution < -0.4 is 5.32 Å². The molecule has 24 heavy (non-hydrogen) atoms. The van der Waals surface area contributed by atoms with Crippen LogP contribution in [0, 0.1) is 0 Å². The highest BCUT2D eigenvalue weighted by atomic mass is 35.5. The first-order chi connectivity index (χ1) is 11.5. The molecule has 0 radical (unpaired) electrons. The van der Waals surface area contributed by atoms with Gasteiger partial charge in [0.25, 0.3) is 5.91 Å². The lowest BCUT2D eigenvalue weighted by Gasteiger charge is -2.12. The fraction of sp³-hybridized carbons (Fsp3) is 0.0588. The third-order valence-corrected chi connectivity index (χ3v) is 4.59. The highest BCUT2D eigenvalue weighted by Gasteiger charge is 2.17. The number of hydrogen-bond donors (Lipinski definition) is 2. The van der Waals surface area contributed by atoms with Crippen LogP contribution >= 0.6 is 34.8 Å². The molecule has 3 rings (SSSR count). The summed E-state index contributed by atoms with van der Waals surface area (Å²) in [5, 5.41) is 13.6. The molecule has 0 saturated heterocycles. The molecule has 4 nitrogen and oxygen atoms in total. The topological polar surface area (TPSA) is 62.2 Å². The van der Waals surface area contributed by atoms with Gasteiger partial charge in [-0.1, -0.05) is 53.0 Å². The molecular weight excluding hydrogens is 371 g/mol. The second kappa shape index (κ2) is 6.95. The number of carbonyl (C=O) groups excluding carboxylic acids is 1. The number of rotatable bonds is 3. The van der Waals surface area contributed by atoms with Crippen molar-refractivity contribution < 1.29 is 9.90 Å². The first-order valence-electron chi connectivity index (χ1n) is 6.95. The summed E-state index contributed by atoms with van der Waals surface area (Å²) in [4.78, 5) is 16.8. The van der Waals surface area contributed by atoms with Crippen molar-refractivity contribution in [2.45, 2.75) is 6.61 Å². The Balaban J connectivity index is 2.05. The van der Waals surface area contributed by atoms with E-state index >= 15 is 0 Å². The van der Waals surface area contributed by atoms with Crippen LogP contribution in [0.15, 0.2) is 42.6 Å².